The molecule has 0 aromatic heterocycles. The summed E-state index contributed by atoms with van der Waals surface area (Å²) < 4.78 is 45.3. The van der Waals surface area contributed by atoms with Crippen molar-refractivity contribution >= 4 is 29.5 Å². The lowest BCUT2D eigenvalue weighted by atomic mass is 10.1. The zero-order valence-electron chi connectivity index (χ0n) is 15.5. The number of methoxy groups -OCH3 is 1. The van der Waals surface area contributed by atoms with Crippen LogP contribution in [0.4, 0.5) is 8.78 Å². The Morgan fingerprint density at radius 2 is 2.03 bits per heavy atom. The fraction of sp³-hybridized carbons (Fsp3) is 0.143. The van der Waals surface area contributed by atoms with E-state index in [0.717, 1.165) is 5.56 Å². The van der Waals surface area contributed by atoms with Crippen LogP contribution < -0.4 is 14.2 Å². The van der Waals surface area contributed by atoms with E-state index in [1.165, 1.54) is 25.3 Å². The maximum Gasteiger partial charge on any atom is 0.387 e. The second-order valence-corrected chi connectivity index (χ2v) is 6.71. The molecule has 0 saturated heterocycles. The van der Waals surface area contributed by atoms with Gasteiger partial charge in [-0.1, -0.05) is 11.6 Å². The molecule has 0 aliphatic carbocycles. The predicted molar refractivity (Wildman–Crippen MR) is 105 cm³/mol. The predicted octanol–water partition coefficient (Wildman–Crippen LogP) is 4.61. The van der Waals surface area contributed by atoms with Crippen LogP contribution in [0.2, 0.25) is 5.02 Å². The maximum absolute atomic E-state index is 12.5. The lowest BCUT2D eigenvalue weighted by Crippen LogP contribution is -2.08. The average Bonchev–Trinajstić information content (AvgIpc) is 3.08. The number of hydrogen-bond donors (Lipinski definition) is 0. The SMILES string of the molecule is COc1cc(C2=NC(=CC3=Cc4cc(Cl)ccc4OC3)C(=O)O2)ccc1OC(F)F. The molecular formula is C21H14ClF2NO5. The number of alkyl halides is 2. The van der Waals surface area contributed by atoms with Gasteiger partial charge in [0.2, 0.25) is 5.90 Å². The molecule has 2 aliphatic heterocycles. The van der Waals surface area contributed by atoms with E-state index in [1.807, 2.05) is 6.08 Å². The molecule has 154 valence electrons. The van der Waals surface area contributed by atoms with Crippen molar-refractivity contribution in [3.63, 3.8) is 0 Å². The summed E-state index contributed by atoms with van der Waals surface area (Å²) in [4.78, 5) is 16.5. The van der Waals surface area contributed by atoms with E-state index in [-0.39, 0.29) is 29.7 Å². The number of rotatable bonds is 5. The van der Waals surface area contributed by atoms with Gasteiger partial charge < -0.3 is 18.9 Å². The molecule has 2 aliphatic rings. The van der Waals surface area contributed by atoms with Gasteiger partial charge in [-0.3, -0.25) is 0 Å². The molecule has 0 N–H and O–H groups in total. The van der Waals surface area contributed by atoms with Crippen LogP contribution in [-0.2, 0) is 9.53 Å². The monoisotopic (exact) mass is 433 g/mol. The molecule has 0 fully saturated rings. The fourth-order valence-corrected chi connectivity index (χ4v) is 3.13. The quantitative estimate of drug-likeness (QED) is 0.508. The Morgan fingerprint density at radius 1 is 1.20 bits per heavy atom. The topological polar surface area (TPSA) is 66.4 Å². The molecule has 0 saturated carbocycles. The second kappa shape index (κ2) is 8.16. The molecule has 0 unspecified atom stereocenters. The minimum Gasteiger partial charge on any atom is -0.493 e. The highest BCUT2D eigenvalue weighted by Crippen LogP contribution is 2.32. The van der Waals surface area contributed by atoms with E-state index in [4.69, 9.17) is 25.8 Å². The van der Waals surface area contributed by atoms with Crippen molar-refractivity contribution in [1.82, 2.24) is 0 Å². The van der Waals surface area contributed by atoms with Gasteiger partial charge in [-0.2, -0.15) is 8.78 Å². The normalized spacial score (nSPS) is 16.6. The molecule has 4 rings (SSSR count). The number of esters is 1. The minimum atomic E-state index is -2.99. The summed E-state index contributed by atoms with van der Waals surface area (Å²) >= 11 is 6.01. The average molecular weight is 434 g/mol. The Hall–Kier alpha value is -3.39. The smallest absolute Gasteiger partial charge is 0.387 e. The lowest BCUT2D eigenvalue weighted by molar-refractivity contribution is -0.130. The third-order valence-electron chi connectivity index (χ3n) is 4.28. The van der Waals surface area contributed by atoms with Crippen LogP contribution in [0, 0.1) is 0 Å². The summed E-state index contributed by atoms with van der Waals surface area (Å²) in [5, 5.41) is 0.566. The largest absolute Gasteiger partial charge is 0.493 e. The number of ether oxygens (including phenoxy) is 4. The number of cyclic esters (lactones) is 1. The molecule has 0 spiro atoms. The van der Waals surface area contributed by atoms with Gasteiger partial charge in [-0.25, -0.2) is 9.79 Å². The van der Waals surface area contributed by atoms with E-state index in [9.17, 15) is 13.6 Å². The highest BCUT2D eigenvalue weighted by Gasteiger charge is 2.26. The highest BCUT2D eigenvalue weighted by molar-refractivity contribution is 6.30. The first-order valence-corrected chi connectivity index (χ1v) is 9.09. The molecular weight excluding hydrogens is 420 g/mol. The molecule has 2 aromatic carbocycles. The van der Waals surface area contributed by atoms with Crippen molar-refractivity contribution in [2.45, 2.75) is 6.61 Å². The fourth-order valence-electron chi connectivity index (χ4n) is 2.95. The molecule has 6 nitrogen and oxygen atoms in total. The summed E-state index contributed by atoms with van der Waals surface area (Å²) in [5.74, 6) is -0.0128. The van der Waals surface area contributed by atoms with Crippen molar-refractivity contribution in [3.8, 4) is 17.2 Å². The number of carbonyl (C=O) groups excluding carboxylic acids is 1. The standard InChI is InChI=1S/C21H14ClF2NO5/c1-27-18-9-12(2-4-17(18)29-21(23)24)19-25-15(20(26)30-19)7-11-6-13-8-14(22)3-5-16(13)28-10-11/h2-9,21H,10H2,1H3. The first-order valence-electron chi connectivity index (χ1n) is 8.71. The van der Waals surface area contributed by atoms with Crippen LogP contribution in [0.5, 0.6) is 17.2 Å². The van der Waals surface area contributed by atoms with Crippen molar-refractivity contribution < 1.29 is 32.5 Å². The van der Waals surface area contributed by atoms with Crippen LogP contribution in [0.25, 0.3) is 6.08 Å². The first-order chi connectivity index (χ1) is 14.4. The van der Waals surface area contributed by atoms with Gasteiger partial charge in [0.1, 0.15) is 12.4 Å². The molecule has 0 bridgehead atoms. The number of carbonyl (C=O) groups is 1. The molecule has 30 heavy (non-hydrogen) atoms. The third-order valence-corrected chi connectivity index (χ3v) is 4.51. The maximum atomic E-state index is 12.5. The Kier molecular flexibility index (Phi) is 5.41. The van der Waals surface area contributed by atoms with Crippen LogP contribution >= 0.6 is 11.6 Å². The Balaban J connectivity index is 1.62. The summed E-state index contributed by atoms with van der Waals surface area (Å²) in [6.45, 7) is -2.74. The number of fused-ring (bicyclic) bond motifs is 1. The van der Waals surface area contributed by atoms with E-state index in [1.54, 1.807) is 24.3 Å². The van der Waals surface area contributed by atoms with Crippen LogP contribution in [-0.4, -0.2) is 32.2 Å². The van der Waals surface area contributed by atoms with Gasteiger partial charge in [0.15, 0.2) is 17.2 Å². The van der Waals surface area contributed by atoms with Gasteiger partial charge in [-0.15, -0.1) is 0 Å². The highest BCUT2D eigenvalue weighted by atomic mass is 35.5. The molecule has 0 amide bonds. The number of aliphatic imine (C=N–C) groups is 1. The van der Waals surface area contributed by atoms with Crippen LogP contribution in [0.1, 0.15) is 11.1 Å². The number of benzene rings is 2. The van der Waals surface area contributed by atoms with Crippen molar-refractivity contribution in [2.24, 2.45) is 4.99 Å². The summed E-state index contributed by atoms with van der Waals surface area (Å²) in [5.41, 5.74) is 1.95. The van der Waals surface area contributed by atoms with Gasteiger partial charge in [0, 0.05) is 16.1 Å². The van der Waals surface area contributed by atoms with Crippen molar-refractivity contribution in [3.05, 3.63) is 69.9 Å². The van der Waals surface area contributed by atoms with Gasteiger partial charge >= 0.3 is 12.6 Å². The van der Waals surface area contributed by atoms with Crippen LogP contribution in [0.3, 0.4) is 0 Å². The zero-order chi connectivity index (χ0) is 21.3. The summed E-state index contributed by atoms with van der Waals surface area (Å²) in [6, 6.07) is 9.38. The minimum absolute atomic E-state index is 0.0221. The summed E-state index contributed by atoms with van der Waals surface area (Å²) in [7, 11) is 1.31. The van der Waals surface area contributed by atoms with Crippen molar-refractivity contribution in [2.75, 3.05) is 13.7 Å². The Bertz CT molecular complexity index is 1110. The van der Waals surface area contributed by atoms with Crippen molar-refractivity contribution in [1.29, 1.82) is 0 Å². The molecule has 2 aromatic rings. The first kappa shape index (κ1) is 19.9. The third kappa shape index (κ3) is 4.13. The molecule has 0 atom stereocenters. The van der Waals surface area contributed by atoms with E-state index >= 15 is 0 Å². The van der Waals surface area contributed by atoms with Gasteiger partial charge in [0.05, 0.1) is 7.11 Å². The zero-order valence-corrected chi connectivity index (χ0v) is 16.3. The van der Waals surface area contributed by atoms with Gasteiger partial charge in [0.25, 0.3) is 0 Å². The lowest BCUT2D eigenvalue weighted by Gasteiger charge is -2.16. The van der Waals surface area contributed by atoms with Crippen LogP contribution in [0.15, 0.2) is 58.7 Å². The molecule has 0 radical (unpaired) electrons. The number of hydrogen-bond acceptors (Lipinski definition) is 6. The Morgan fingerprint density at radius 3 is 2.80 bits per heavy atom. The van der Waals surface area contributed by atoms with E-state index < -0.39 is 12.6 Å². The second-order valence-electron chi connectivity index (χ2n) is 6.27. The van der Waals surface area contributed by atoms with E-state index in [0.29, 0.717) is 21.9 Å². The van der Waals surface area contributed by atoms with Gasteiger partial charge in [-0.05, 0) is 54.1 Å². The Labute approximate surface area is 175 Å². The molecule has 9 heteroatoms. The molecule has 2 heterocycles. The number of nitrogens with zero attached hydrogens (tertiary/aromatic N) is 1. The van der Waals surface area contributed by atoms with E-state index in [2.05, 4.69) is 9.73 Å². The number of halogens is 3. The summed E-state index contributed by atoms with van der Waals surface area (Å²) in [6.07, 6.45) is 3.41.